The molecule has 0 spiro atoms. The Hall–Kier alpha value is -2.32. The Morgan fingerprint density at radius 3 is 1.52 bits per heavy atom. The van der Waals surface area contributed by atoms with E-state index in [9.17, 15) is 0 Å². The van der Waals surface area contributed by atoms with Gasteiger partial charge in [-0.05, 0) is 0 Å². The summed E-state index contributed by atoms with van der Waals surface area (Å²) in [6, 6.07) is 29.9. The van der Waals surface area contributed by atoms with Crippen molar-refractivity contribution in [2.75, 3.05) is 22.9 Å². The van der Waals surface area contributed by atoms with Crippen molar-refractivity contribution in [2.45, 2.75) is 0 Å². The molecular weight excluding hydrogens is 403 g/mol. The second-order valence-electron chi connectivity index (χ2n) is 6.59. The van der Waals surface area contributed by atoms with Crippen LogP contribution in [0, 0.1) is 0 Å². The average molecular weight is 421 g/mol. The molecule has 0 N–H and O–H groups in total. The second kappa shape index (κ2) is 7.01. The number of hydrogen-bond donors (Lipinski definition) is 0. The Morgan fingerprint density at radius 2 is 1.04 bits per heavy atom. The van der Waals surface area contributed by atoms with Crippen molar-refractivity contribution in [2.24, 2.45) is 0 Å². The number of fused-ring (bicyclic) bond motifs is 2. The third kappa shape index (κ3) is 2.83. The summed E-state index contributed by atoms with van der Waals surface area (Å²) < 4.78 is 1.05. The van der Waals surface area contributed by atoms with Gasteiger partial charge in [0.15, 0.2) is 0 Å². The van der Waals surface area contributed by atoms with Gasteiger partial charge >= 0.3 is 169 Å². The molecule has 0 aliphatic carbocycles. The van der Waals surface area contributed by atoms with Crippen molar-refractivity contribution in [1.82, 2.24) is 0 Å². The van der Waals surface area contributed by atoms with E-state index in [-0.39, 0.29) is 0 Å². The van der Waals surface area contributed by atoms with E-state index in [1.807, 2.05) is 0 Å². The van der Waals surface area contributed by atoms with Gasteiger partial charge in [-0.3, -0.25) is 0 Å². The predicted octanol–water partition coefficient (Wildman–Crippen LogP) is 5.64. The summed E-state index contributed by atoms with van der Waals surface area (Å²) in [5.41, 5.74) is 2.41. The van der Waals surface area contributed by atoms with E-state index in [4.69, 9.17) is 10.1 Å². The molecular formula is C23H18ClCuN2. The van der Waals surface area contributed by atoms with E-state index in [2.05, 4.69) is 94.7 Å². The molecule has 1 saturated heterocycles. The Kier molecular flexibility index (Phi) is 4.37. The van der Waals surface area contributed by atoms with E-state index in [1.165, 1.54) is 46.5 Å². The van der Waals surface area contributed by atoms with Crippen LogP contribution in [0.2, 0.25) is 0 Å². The fourth-order valence-corrected chi connectivity index (χ4v) is 5.02. The van der Waals surface area contributed by atoms with Gasteiger partial charge in [0.1, 0.15) is 0 Å². The molecule has 4 aromatic carbocycles. The zero-order valence-electron chi connectivity index (χ0n) is 14.6. The van der Waals surface area contributed by atoms with Crippen LogP contribution in [0.4, 0.5) is 11.4 Å². The quantitative estimate of drug-likeness (QED) is 0.387. The van der Waals surface area contributed by atoms with Crippen LogP contribution >= 0.6 is 10.1 Å². The van der Waals surface area contributed by atoms with E-state index < -0.39 is 0 Å². The normalized spacial score (nSPS) is 14.6. The van der Waals surface area contributed by atoms with Crippen molar-refractivity contribution >= 4 is 47.7 Å². The van der Waals surface area contributed by atoms with Crippen molar-refractivity contribution < 1.29 is 13.6 Å². The number of anilines is 2. The molecule has 0 unspecified atom stereocenters. The summed E-state index contributed by atoms with van der Waals surface area (Å²) in [6.45, 7) is 1.81. The van der Waals surface area contributed by atoms with Crippen LogP contribution in [0.5, 0.6) is 0 Å². The predicted molar refractivity (Wildman–Crippen MR) is 113 cm³/mol. The Balaban J connectivity index is 1.62. The molecule has 5 rings (SSSR count). The molecule has 0 bridgehead atoms. The van der Waals surface area contributed by atoms with E-state index in [0.29, 0.717) is 0 Å². The number of nitrogens with zero attached hydrogens (tertiary/aromatic N) is 2. The van der Waals surface area contributed by atoms with E-state index >= 15 is 0 Å². The van der Waals surface area contributed by atoms with Crippen LogP contribution < -0.4 is 9.80 Å². The van der Waals surface area contributed by atoms with Crippen LogP contribution in [-0.2, 0) is 13.6 Å². The zero-order chi connectivity index (χ0) is 18.2. The van der Waals surface area contributed by atoms with E-state index in [1.54, 1.807) is 0 Å². The second-order valence-corrected chi connectivity index (χ2v) is 7.66. The summed E-state index contributed by atoms with van der Waals surface area (Å²) in [4.78, 5) is 4.66. The van der Waals surface area contributed by atoms with Crippen LogP contribution in [0.15, 0.2) is 84.9 Å². The standard InChI is InChI=1S/C23H18N2.ClH.Cu/c1-3-11-20-18(7-1)9-5-13-22(20)24-15-16-25(17-24)23-14-6-10-19-8-2-4-12-21(19)23;;/h1-14H,15-16H2;1H;/q;;+1/p-1. The van der Waals surface area contributed by atoms with Gasteiger partial charge in [0.05, 0.1) is 0 Å². The number of halogens is 1. The van der Waals surface area contributed by atoms with E-state index in [0.717, 1.165) is 17.8 Å². The summed E-state index contributed by atoms with van der Waals surface area (Å²) in [5.74, 6) is 0. The van der Waals surface area contributed by atoms with Crippen LogP contribution in [-0.4, -0.2) is 17.8 Å². The molecule has 27 heavy (non-hydrogen) atoms. The maximum absolute atomic E-state index is 6.39. The fourth-order valence-electron chi connectivity index (χ4n) is 3.88. The first-order valence-electron chi connectivity index (χ1n) is 8.93. The fraction of sp³-hybridized carbons (Fsp3) is 0.0870. The molecule has 0 atom stereocenters. The number of rotatable bonds is 2. The zero-order valence-corrected chi connectivity index (χ0v) is 16.3. The van der Waals surface area contributed by atoms with Crippen LogP contribution in [0.3, 0.4) is 0 Å². The molecule has 2 nitrogen and oxygen atoms in total. The molecule has 0 aromatic heterocycles. The van der Waals surface area contributed by atoms with Gasteiger partial charge in [-0.2, -0.15) is 0 Å². The van der Waals surface area contributed by atoms with Crippen molar-refractivity contribution in [3.63, 3.8) is 0 Å². The maximum atomic E-state index is 6.39. The van der Waals surface area contributed by atoms with Crippen molar-refractivity contribution in [3.05, 3.63) is 84.9 Å². The Labute approximate surface area is 168 Å². The van der Waals surface area contributed by atoms with Crippen LogP contribution in [0.25, 0.3) is 21.5 Å². The topological polar surface area (TPSA) is 6.48 Å². The number of benzene rings is 4. The summed E-state index contributed by atoms with van der Waals surface area (Å²) in [7, 11) is 6.39. The van der Waals surface area contributed by atoms with Gasteiger partial charge in [-0.1, -0.05) is 0 Å². The first-order valence-corrected chi connectivity index (χ1v) is 10.7. The minimum absolute atomic E-state index is 0.906. The van der Waals surface area contributed by atoms with Gasteiger partial charge in [0.2, 0.25) is 0 Å². The summed E-state index contributed by atoms with van der Waals surface area (Å²) in [5, 5.41) is 5.00. The Bertz CT molecular complexity index is 1070. The van der Waals surface area contributed by atoms with Crippen molar-refractivity contribution in [3.8, 4) is 0 Å². The Morgan fingerprint density at radius 1 is 0.593 bits per heavy atom. The van der Waals surface area contributed by atoms with Crippen LogP contribution in [0.1, 0.15) is 0 Å². The molecule has 1 aliphatic heterocycles. The molecule has 1 fully saturated rings. The van der Waals surface area contributed by atoms with Gasteiger partial charge in [0.25, 0.3) is 0 Å². The molecule has 0 saturated carbocycles. The monoisotopic (exact) mass is 420 g/mol. The van der Waals surface area contributed by atoms with Gasteiger partial charge < -0.3 is 0 Å². The summed E-state index contributed by atoms with van der Waals surface area (Å²) in [6.07, 6.45) is 0. The molecule has 0 amide bonds. The molecule has 4 heteroatoms. The van der Waals surface area contributed by atoms with Gasteiger partial charge in [-0.15, -0.1) is 0 Å². The van der Waals surface area contributed by atoms with Gasteiger partial charge in [-0.25, -0.2) is 0 Å². The molecule has 138 valence electrons. The molecule has 0 radical (unpaired) electrons. The number of hydrogen-bond acceptors (Lipinski definition) is 2. The third-order valence-corrected chi connectivity index (χ3v) is 6.20. The molecule has 1 heterocycles. The SMILES string of the molecule is [Cl][Cu]=[C]1N(c2cccc3ccccc23)CCN1c1cccc2ccccc12. The molecule has 4 aromatic rings. The molecule has 1 aliphatic rings. The van der Waals surface area contributed by atoms with Crippen molar-refractivity contribution in [1.29, 1.82) is 0 Å². The van der Waals surface area contributed by atoms with Gasteiger partial charge in [0, 0.05) is 0 Å². The third-order valence-electron chi connectivity index (χ3n) is 5.12. The first kappa shape index (κ1) is 16.8. The first-order chi connectivity index (χ1) is 13.4. The minimum atomic E-state index is 0.906. The average Bonchev–Trinajstić information content (AvgIpc) is 3.16. The summed E-state index contributed by atoms with van der Waals surface area (Å²) >= 11 is 1.40.